The van der Waals surface area contributed by atoms with Crippen LogP contribution in [0.4, 0.5) is 0 Å². The first kappa shape index (κ1) is 13.2. The van der Waals surface area contributed by atoms with Crippen molar-refractivity contribution in [1.29, 1.82) is 0 Å². The van der Waals surface area contributed by atoms with E-state index in [1.54, 1.807) is 12.4 Å². The molecule has 6 heteroatoms. The summed E-state index contributed by atoms with van der Waals surface area (Å²) in [7, 11) is 0. The first-order valence-electron chi connectivity index (χ1n) is 7.03. The number of pyridine rings is 1. The van der Waals surface area contributed by atoms with Gasteiger partial charge in [-0.15, -0.1) is 10.2 Å². The molecule has 1 unspecified atom stereocenters. The van der Waals surface area contributed by atoms with Gasteiger partial charge >= 0.3 is 0 Å². The molecule has 0 spiro atoms. The summed E-state index contributed by atoms with van der Waals surface area (Å²) in [6, 6.07) is 4.10. The van der Waals surface area contributed by atoms with Crippen LogP contribution in [0.2, 0.25) is 0 Å². The average Bonchev–Trinajstić information content (AvgIpc) is 2.92. The van der Waals surface area contributed by atoms with Crippen molar-refractivity contribution in [3.63, 3.8) is 0 Å². The van der Waals surface area contributed by atoms with Crippen molar-refractivity contribution >= 4 is 0 Å². The van der Waals surface area contributed by atoms with E-state index in [0.717, 1.165) is 43.3 Å². The number of aromatic nitrogens is 4. The van der Waals surface area contributed by atoms with Crippen LogP contribution in [0.15, 0.2) is 24.5 Å². The maximum Gasteiger partial charge on any atom is 0.159 e. The fraction of sp³-hybridized carbons (Fsp3) is 0.500. The van der Waals surface area contributed by atoms with Crippen LogP contribution in [0, 0.1) is 0 Å². The summed E-state index contributed by atoms with van der Waals surface area (Å²) in [6.07, 6.45) is 4.62. The number of hydrogen-bond acceptors (Lipinski definition) is 5. The molecule has 106 valence electrons. The molecule has 0 saturated carbocycles. The van der Waals surface area contributed by atoms with Crippen LogP contribution in [0.1, 0.15) is 36.6 Å². The molecule has 1 atom stereocenters. The van der Waals surface area contributed by atoms with E-state index in [1.165, 1.54) is 0 Å². The molecule has 0 aliphatic carbocycles. The number of nitrogens with zero attached hydrogens (tertiary/aromatic N) is 4. The number of nitrogens with one attached hydrogen (secondary N) is 1. The van der Waals surface area contributed by atoms with Crippen LogP contribution < -0.4 is 5.32 Å². The number of hydrogen-bond donors (Lipinski definition) is 1. The summed E-state index contributed by atoms with van der Waals surface area (Å²) in [5.74, 6) is 1.87. The van der Waals surface area contributed by atoms with Gasteiger partial charge in [-0.25, -0.2) is 0 Å². The van der Waals surface area contributed by atoms with Crippen molar-refractivity contribution in [3.05, 3.63) is 41.7 Å². The molecule has 1 aliphatic heterocycles. The van der Waals surface area contributed by atoms with Gasteiger partial charge in [-0.05, 0) is 24.1 Å². The summed E-state index contributed by atoms with van der Waals surface area (Å²) >= 11 is 0. The zero-order valence-corrected chi connectivity index (χ0v) is 11.6. The molecular formula is C14H19N5O. The molecule has 0 bridgehead atoms. The fourth-order valence-electron chi connectivity index (χ4n) is 2.46. The van der Waals surface area contributed by atoms with Gasteiger partial charge in [0.1, 0.15) is 6.61 Å². The molecule has 6 nitrogen and oxygen atoms in total. The number of ether oxygens (including phenoxy) is 1. The van der Waals surface area contributed by atoms with Gasteiger partial charge in [-0.2, -0.15) is 0 Å². The van der Waals surface area contributed by atoms with Gasteiger partial charge in [0.15, 0.2) is 11.6 Å². The lowest BCUT2D eigenvalue weighted by Crippen LogP contribution is -2.35. The molecule has 1 aliphatic rings. The first-order chi connectivity index (χ1) is 9.90. The van der Waals surface area contributed by atoms with Gasteiger partial charge in [0.25, 0.3) is 0 Å². The van der Waals surface area contributed by atoms with Crippen molar-refractivity contribution < 1.29 is 4.74 Å². The second kappa shape index (κ2) is 6.11. The van der Waals surface area contributed by atoms with E-state index in [0.29, 0.717) is 6.61 Å². The Balaban J connectivity index is 1.83. The Kier molecular flexibility index (Phi) is 4.03. The molecule has 2 aromatic heterocycles. The smallest absolute Gasteiger partial charge is 0.159 e. The Morgan fingerprint density at radius 1 is 1.35 bits per heavy atom. The predicted octanol–water partition coefficient (Wildman–Crippen LogP) is 1.29. The lowest BCUT2D eigenvalue weighted by molar-refractivity contribution is 0.112. The minimum atomic E-state index is 0.0826. The number of fused-ring (bicyclic) bond motifs is 1. The minimum Gasteiger partial charge on any atom is -0.373 e. The third kappa shape index (κ3) is 2.57. The Morgan fingerprint density at radius 2 is 2.20 bits per heavy atom. The normalized spacial score (nSPS) is 17.9. The Bertz CT molecular complexity index is 554. The van der Waals surface area contributed by atoms with E-state index < -0.39 is 0 Å². The molecule has 2 aromatic rings. The van der Waals surface area contributed by atoms with Gasteiger partial charge in [-0.1, -0.05) is 6.92 Å². The highest BCUT2D eigenvalue weighted by molar-refractivity contribution is 5.24. The van der Waals surface area contributed by atoms with Crippen molar-refractivity contribution in [2.75, 3.05) is 13.2 Å². The van der Waals surface area contributed by atoms with Gasteiger partial charge in [0, 0.05) is 32.1 Å². The summed E-state index contributed by atoms with van der Waals surface area (Å²) in [5.41, 5.74) is 1.16. The lowest BCUT2D eigenvalue weighted by atomic mass is 10.1. The van der Waals surface area contributed by atoms with E-state index in [1.807, 2.05) is 12.1 Å². The van der Waals surface area contributed by atoms with E-state index in [9.17, 15) is 0 Å². The quantitative estimate of drug-likeness (QED) is 0.832. The topological polar surface area (TPSA) is 64.9 Å². The van der Waals surface area contributed by atoms with E-state index in [2.05, 4.69) is 32.0 Å². The van der Waals surface area contributed by atoms with Crippen LogP contribution in [-0.4, -0.2) is 32.9 Å². The predicted molar refractivity (Wildman–Crippen MR) is 74.1 cm³/mol. The van der Waals surface area contributed by atoms with Crippen LogP contribution >= 0.6 is 0 Å². The Morgan fingerprint density at radius 3 is 3.00 bits per heavy atom. The van der Waals surface area contributed by atoms with Crippen molar-refractivity contribution in [3.8, 4) is 0 Å². The molecule has 0 amide bonds. The summed E-state index contributed by atoms with van der Waals surface area (Å²) < 4.78 is 7.74. The molecule has 1 N–H and O–H groups in total. The zero-order valence-electron chi connectivity index (χ0n) is 11.6. The molecule has 0 aromatic carbocycles. The zero-order chi connectivity index (χ0) is 13.8. The molecule has 0 radical (unpaired) electrons. The van der Waals surface area contributed by atoms with Gasteiger partial charge in [0.05, 0.1) is 6.04 Å². The highest BCUT2D eigenvalue weighted by atomic mass is 16.5. The maximum atomic E-state index is 5.58. The molecule has 20 heavy (non-hydrogen) atoms. The molecule has 3 rings (SSSR count). The van der Waals surface area contributed by atoms with Gasteiger partial charge in [-0.3, -0.25) is 4.98 Å². The van der Waals surface area contributed by atoms with Crippen LogP contribution in [-0.2, 0) is 17.9 Å². The Hall–Kier alpha value is -1.79. The lowest BCUT2D eigenvalue weighted by Gasteiger charge is -2.25. The summed E-state index contributed by atoms with van der Waals surface area (Å²) in [6.45, 7) is 5.17. The van der Waals surface area contributed by atoms with Crippen molar-refractivity contribution in [2.24, 2.45) is 0 Å². The van der Waals surface area contributed by atoms with E-state index in [4.69, 9.17) is 4.74 Å². The number of rotatable bonds is 5. The third-order valence-electron chi connectivity index (χ3n) is 3.42. The summed E-state index contributed by atoms with van der Waals surface area (Å²) in [4.78, 5) is 4.06. The molecule has 0 fully saturated rings. The SMILES string of the molecule is CCCOCc1nnc2n1CCNC2c1ccncc1. The van der Waals surface area contributed by atoms with Gasteiger partial charge < -0.3 is 14.6 Å². The highest BCUT2D eigenvalue weighted by Gasteiger charge is 2.25. The average molecular weight is 273 g/mol. The fourth-order valence-corrected chi connectivity index (χ4v) is 2.46. The van der Waals surface area contributed by atoms with Crippen LogP contribution in [0.3, 0.4) is 0 Å². The molecule has 0 saturated heterocycles. The minimum absolute atomic E-state index is 0.0826. The highest BCUT2D eigenvalue weighted by Crippen LogP contribution is 2.23. The third-order valence-corrected chi connectivity index (χ3v) is 3.42. The first-order valence-corrected chi connectivity index (χ1v) is 7.03. The molecular weight excluding hydrogens is 254 g/mol. The van der Waals surface area contributed by atoms with Crippen molar-refractivity contribution in [2.45, 2.75) is 32.5 Å². The molecule has 3 heterocycles. The monoisotopic (exact) mass is 273 g/mol. The van der Waals surface area contributed by atoms with E-state index in [-0.39, 0.29) is 6.04 Å². The van der Waals surface area contributed by atoms with E-state index >= 15 is 0 Å². The van der Waals surface area contributed by atoms with Crippen molar-refractivity contribution in [1.82, 2.24) is 25.1 Å². The second-order valence-electron chi connectivity index (χ2n) is 4.85. The van der Waals surface area contributed by atoms with Crippen LogP contribution in [0.25, 0.3) is 0 Å². The largest absolute Gasteiger partial charge is 0.373 e. The maximum absolute atomic E-state index is 5.58. The standard InChI is InChI=1S/C14H19N5O/c1-2-9-20-10-12-17-18-14-13(16-7-8-19(12)14)11-3-5-15-6-4-11/h3-6,13,16H,2,7-10H2,1H3. The second-order valence-corrected chi connectivity index (χ2v) is 4.85. The Labute approximate surface area is 118 Å². The summed E-state index contributed by atoms with van der Waals surface area (Å²) in [5, 5.41) is 12.1. The van der Waals surface area contributed by atoms with Gasteiger partial charge in [0.2, 0.25) is 0 Å². The van der Waals surface area contributed by atoms with Crippen LogP contribution in [0.5, 0.6) is 0 Å².